The highest BCUT2D eigenvalue weighted by Crippen LogP contribution is 2.17. The summed E-state index contributed by atoms with van der Waals surface area (Å²) in [5, 5.41) is 0. The highest BCUT2D eigenvalue weighted by atomic mass is 16.7. The van der Waals surface area contributed by atoms with Crippen LogP contribution in [0.25, 0.3) is 0 Å². The number of ether oxygens (including phenoxy) is 2. The number of hydrogen-bond donors (Lipinski definition) is 0. The average molecular weight is 508 g/mol. The fraction of sp³-hybridized carbons (Fsp3) is 0.879. The van der Waals surface area contributed by atoms with Crippen molar-refractivity contribution in [3.05, 3.63) is 24.3 Å². The topological polar surface area (TPSA) is 21.7 Å². The summed E-state index contributed by atoms with van der Waals surface area (Å²) in [6.45, 7) is 13.1. The van der Waals surface area contributed by atoms with Gasteiger partial charge in [0.05, 0.1) is 12.6 Å². The van der Waals surface area contributed by atoms with Crippen LogP contribution in [-0.4, -0.2) is 44.5 Å². The summed E-state index contributed by atoms with van der Waals surface area (Å²) in [5.41, 5.74) is 0. The normalized spacial score (nSPS) is 15.0. The van der Waals surface area contributed by atoms with E-state index in [4.69, 9.17) is 9.47 Å². The molecule has 0 N–H and O–H groups in total. The van der Waals surface area contributed by atoms with E-state index in [0.29, 0.717) is 0 Å². The van der Waals surface area contributed by atoms with Gasteiger partial charge in [0.25, 0.3) is 0 Å². The second-order valence-corrected chi connectivity index (χ2v) is 11.6. The van der Waals surface area contributed by atoms with Crippen LogP contribution in [0.15, 0.2) is 24.3 Å². The predicted octanol–water partition coefficient (Wildman–Crippen LogP) is 9.96. The number of unbranched alkanes of at least 4 members (excludes halogenated alkanes) is 9. The third-order valence-corrected chi connectivity index (χ3v) is 7.21. The molecule has 0 fully saturated rings. The molecular weight excluding hydrogens is 442 g/mol. The first-order valence-corrected chi connectivity index (χ1v) is 15.6. The lowest BCUT2D eigenvalue weighted by molar-refractivity contribution is -0.173. The fourth-order valence-electron chi connectivity index (χ4n) is 4.26. The van der Waals surface area contributed by atoms with Gasteiger partial charge in [-0.05, 0) is 77.8 Å². The Hall–Kier alpha value is -0.640. The van der Waals surface area contributed by atoms with E-state index >= 15 is 0 Å². The van der Waals surface area contributed by atoms with Gasteiger partial charge in [0, 0.05) is 6.61 Å². The summed E-state index contributed by atoms with van der Waals surface area (Å²) < 4.78 is 12.4. The number of allylic oxidation sites excluding steroid dienone is 4. The van der Waals surface area contributed by atoms with Crippen LogP contribution in [0, 0.1) is 11.8 Å². The van der Waals surface area contributed by atoms with E-state index in [-0.39, 0.29) is 12.3 Å². The van der Waals surface area contributed by atoms with Crippen LogP contribution in [0.2, 0.25) is 0 Å². The SMILES string of the molecule is CCCCC/C=C\C/C=C\CCCCCCCCOC(OCCC(C)CCCC(C)C)C(C)N(C)C. The summed E-state index contributed by atoms with van der Waals surface area (Å²) in [6, 6.07) is 0.269. The van der Waals surface area contributed by atoms with E-state index in [9.17, 15) is 0 Å². The summed E-state index contributed by atoms with van der Waals surface area (Å²) in [7, 11) is 4.22. The maximum atomic E-state index is 6.22. The number of nitrogens with zero attached hydrogens (tertiary/aromatic N) is 1. The van der Waals surface area contributed by atoms with E-state index in [1.807, 2.05) is 0 Å². The lowest BCUT2D eigenvalue weighted by Crippen LogP contribution is -2.40. The third-order valence-electron chi connectivity index (χ3n) is 7.21. The molecule has 0 amide bonds. The molecule has 0 aromatic carbocycles. The molecule has 36 heavy (non-hydrogen) atoms. The minimum atomic E-state index is -0.124. The van der Waals surface area contributed by atoms with Gasteiger partial charge >= 0.3 is 0 Å². The molecule has 3 unspecified atom stereocenters. The van der Waals surface area contributed by atoms with Crippen molar-refractivity contribution in [3.63, 3.8) is 0 Å². The fourth-order valence-corrected chi connectivity index (χ4v) is 4.26. The first kappa shape index (κ1) is 35.4. The Morgan fingerprint density at radius 1 is 0.611 bits per heavy atom. The van der Waals surface area contributed by atoms with Crippen LogP contribution in [0.4, 0.5) is 0 Å². The van der Waals surface area contributed by atoms with Crippen LogP contribution in [0.3, 0.4) is 0 Å². The third kappa shape index (κ3) is 23.7. The van der Waals surface area contributed by atoms with Crippen molar-refractivity contribution in [1.29, 1.82) is 0 Å². The van der Waals surface area contributed by atoms with Gasteiger partial charge in [-0.25, -0.2) is 0 Å². The summed E-state index contributed by atoms with van der Waals surface area (Å²) in [5.74, 6) is 1.54. The lowest BCUT2D eigenvalue weighted by Gasteiger charge is -2.29. The largest absolute Gasteiger partial charge is 0.351 e. The summed E-state index contributed by atoms with van der Waals surface area (Å²) >= 11 is 0. The van der Waals surface area contributed by atoms with E-state index in [1.54, 1.807) is 0 Å². The minimum Gasteiger partial charge on any atom is -0.351 e. The van der Waals surface area contributed by atoms with E-state index < -0.39 is 0 Å². The molecule has 3 atom stereocenters. The zero-order valence-electron chi connectivity index (χ0n) is 25.6. The van der Waals surface area contributed by atoms with E-state index in [1.165, 1.54) is 83.5 Å². The van der Waals surface area contributed by atoms with Crippen molar-refractivity contribution in [3.8, 4) is 0 Å². The molecule has 0 radical (unpaired) electrons. The van der Waals surface area contributed by atoms with Gasteiger partial charge in [-0.15, -0.1) is 0 Å². The summed E-state index contributed by atoms with van der Waals surface area (Å²) in [4.78, 5) is 2.20. The van der Waals surface area contributed by atoms with Gasteiger partial charge in [-0.1, -0.05) is 110 Å². The first-order chi connectivity index (χ1) is 17.4. The molecule has 0 aliphatic rings. The van der Waals surface area contributed by atoms with Gasteiger partial charge in [-0.2, -0.15) is 0 Å². The van der Waals surface area contributed by atoms with Crippen molar-refractivity contribution in [2.75, 3.05) is 27.3 Å². The second-order valence-electron chi connectivity index (χ2n) is 11.6. The Bertz CT molecular complexity index is 500. The quantitative estimate of drug-likeness (QED) is 0.0660. The lowest BCUT2D eigenvalue weighted by atomic mass is 9.98. The average Bonchev–Trinajstić information content (AvgIpc) is 2.84. The van der Waals surface area contributed by atoms with Crippen LogP contribution in [0.5, 0.6) is 0 Å². The van der Waals surface area contributed by atoms with Gasteiger partial charge in [0.1, 0.15) is 0 Å². The Balaban J connectivity index is 3.81. The highest BCUT2D eigenvalue weighted by molar-refractivity contribution is 4.92. The molecule has 3 nitrogen and oxygen atoms in total. The van der Waals surface area contributed by atoms with Crippen molar-refractivity contribution in [2.45, 2.75) is 150 Å². The Labute approximate surface area is 227 Å². The molecule has 214 valence electrons. The molecule has 0 heterocycles. The Morgan fingerprint density at radius 2 is 1.19 bits per heavy atom. The number of rotatable bonds is 26. The Kier molecular flexibility index (Phi) is 25.5. The smallest absolute Gasteiger partial charge is 0.172 e. The molecule has 0 rings (SSSR count). The molecule has 0 aromatic rings. The molecule has 0 spiro atoms. The number of likely N-dealkylation sites (N-methyl/N-ethyl adjacent to an activating group) is 1. The van der Waals surface area contributed by atoms with E-state index in [2.05, 4.69) is 77.9 Å². The molecule has 0 saturated carbocycles. The highest BCUT2D eigenvalue weighted by Gasteiger charge is 2.20. The van der Waals surface area contributed by atoms with Crippen molar-refractivity contribution in [2.24, 2.45) is 11.8 Å². The zero-order valence-corrected chi connectivity index (χ0v) is 25.6. The zero-order chi connectivity index (χ0) is 26.9. The molecule has 3 heteroatoms. The minimum absolute atomic E-state index is 0.124. The molecule has 0 aliphatic carbocycles. The van der Waals surface area contributed by atoms with Crippen LogP contribution >= 0.6 is 0 Å². The molecule has 0 aromatic heterocycles. The van der Waals surface area contributed by atoms with Crippen molar-refractivity contribution < 1.29 is 9.47 Å². The van der Waals surface area contributed by atoms with Gasteiger partial charge < -0.3 is 14.4 Å². The molecule has 0 bridgehead atoms. The molecule has 0 aliphatic heterocycles. The van der Waals surface area contributed by atoms with Crippen molar-refractivity contribution >= 4 is 0 Å². The monoisotopic (exact) mass is 508 g/mol. The number of hydrogen-bond acceptors (Lipinski definition) is 3. The van der Waals surface area contributed by atoms with Gasteiger partial charge in [0.15, 0.2) is 6.29 Å². The van der Waals surface area contributed by atoms with Gasteiger partial charge in [0.2, 0.25) is 0 Å². The Morgan fingerprint density at radius 3 is 1.81 bits per heavy atom. The maximum absolute atomic E-state index is 6.22. The van der Waals surface area contributed by atoms with Crippen LogP contribution < -0.4 is 0 Å². The molecule has 0 saturated heterocycles. The van der Waals surface area contributed by atoms with E-state index in [0.717, 1.165) is 44.3 Å². The standard InChI is InChI=1S/C33H65NO2/c1-8-9-10-11-12-13-14-15-16-17-18-19-20-21-22-23-28-35-33(32(5)34(6)7)36-29-27-31(4)26-24-25-30(2)3/h12-13,15-16,30-33H,8-11,14,17-29H2,1-7H3/b13-12-,16-15-. The summed E-state index contributed by atoms with van der Waals surface area (Å²) in [6.07, 6.45) is 29.6. The predicted molar refractivity (Wildman–Crippen MR) is 161 cm³/mol. The first-order valence-electron chi connectivity index (χ1n) is 15.6. The van der Waals surface area contributed by atoms with Gasteiger partial charge in [-0.3, -0.25) is 0 Å². The second kappa shape index (κ2) is 26.0. The van der Waals surface area contributed by atoms with Crippen LogP contribution in [-0.2, 0) is 9.47 Å². The molecular formula is C33H65NO2. The van der Waals surface area contributed by atoms with Crippen LogP contribution in [0.1, 0.15) is 137 Å². The van der Waals surface area contributed by atoms with Crippen molar-refractivity contribution in [1.82, 2.24) is 4.90 Å². The maximum Gasteiger partial charge on any atom is 0.172 e.